The monoisotopic (exact) mass is 293 g/mol. The molecule has 2 rings (SSSR count). The molecular weight excluding hydrogens is 282 g/mol. The molecule has 7 heteroatoms. The first-order valence-electron chi connectivity index (χ1n) is 5.89. The molecule has 1 amide bonds. The Labute approximate surface area is 119 Å². The summed E-state index contributed by atoms with van der Waals surface area (Å²) in [5.41, 5.74) is -0.154. The second-order valence-corrected chi connectivity index (χ2v) is 4.24. The molecule has 1 aromatic heterocycles. The number of H-pyrrole nitrogens is 1. The van der Waals surface area contributed by atoms with Crippen LogP contribution in [0, 0.1) is 0 Å². The smallest absolute Gasteiger partial charge is 0.346 e. The predicted octanol–water partition coefficient (Wildman–Crippen LogP) is 2.07. The summed E-state index contributed by atoms with van der Waals surface area (Å²) in [6.07, 6.45) is 0. The van der Waals surface area contributed by atoms with Crippen LogP contribution in [0.1, 0.15) is 17.4 Å². The van der Waals surface area contributed by atoms with Crippen LogP contribution in [0.25, 0.3) is 0 Å². The highest BCUT2D eigenvalue weighted by molar-refractivity contribution is 6.29. The van der Waals surface area contributed by atoms with Crippen molar-refractivity contribution in [3.05, 3.63) is 51.7 Å². The number of nitrogens with zero attached hydrogens (tertiary/aromatic N) is 1. The van der Waals surface area contributed by atoms with E-state index in [1.807, 2.05) is 6.92 Å². The highest BCUT2D eigenvalue weighted by atomic mass is 35.5. The lowest BCUT2D eigenvalue weighted by atomic mass is 10.3. The Hall–Kier alpha value is -2.34. The van der Waals surface area contributed by atoms with Crippen LogP contribution in [-0.4, -0.2) is 22.5 Å². The second-order valence-electron chi connectivity index (χ2n) is 3.83. The van der Waals surface area contributed by atoms with Crippen LogP contribution in [-0.2, 0) is 0 Å². The van der Waals surface area contributed by atoms with Gasteiger partial charge in [0.2, 0.25) is 0 Å². The molecule has 0 atom stereocenters. The van der Waals surface area contributed by atoms with Gasteiger partial charge >= 0.3 is 5.69 Å². The maximum Gasteiger partial charge on any atom is 0.346 e. The van der Waals surface area contributed by atoms with Crippen molar-refractivity contribution in [2.45, 2.75) is 6.92 Å². The van der Waals surface area contributed by atoms with Gasteiger partial charge in [-0.15, -0.1) is 0 Å². The summed E-state index contributed by atoms with van der Waals surface area (Å²) in [4.78, 5) is 28.8. The van der Waals surface area contributed by atoms with Gasteiger partial charge in [0.05, 0.1) is 6.61 Å². The van der Waals surface area contributed by atoms with Crippen molar-refractivity contribution in [3.8, 4) is 5.75 Å². The molecule has 0 radical (unpaired) electrons. The molecule has 0 aliphatic heterocycles. The Balaban J connectivity index is 2.12. The highest BCUT2D eigenvalue weighted by Gasteiger charge is 2.10. The predicted molar refractivity (Wildman–Crippen MR) is 75.4 cm³/mol. The van der Waals surface area contributed by atoms with Crippen LogP contribution in [0.5, 0.6) is 5.75 Å². The SMILES string of the molecule is CCOc1ccc(NC(=O)c2cc(Cl)[nH]c(=O)n2)cc1. The first-order chi connectivity index (χ1) is 9.58. The van der Waals surface area contributed by atoms with Crippen molar-refractivity contribution < 1.29 is 9.53 Å². The minimum absolute atomic E-state index is 0.0485. The zero-order valence-corrected chi connectivity index (χ0v) is 11.4. The van der Waals surface area contributed by atoms with Crippen LogP contribution in [0.3, 0.4) is 0 Å². The molecule has 2 aromatic rings. The number of halogens is 1. The average molecular weight is 294 g/mol. The quantitative estimate of drug-likeness (QED) is 0.845. The fourth-order valence-corrected chi connectivity index (χ4v) is 1.72. The minimum atomic E-state index is -0.672. The lowest BCUT2D eigenvalue weighted by Crippen LogP contribution is -2.20. The van der Waals surface area contributed by atoms with Gasteiger partial charge in [0, 0.05) is 11.8 Å². The highest BCUT2D eigenvalue weighted by Crippen LogP contribution is 2.16. The fraction of sp³-hybridized carbons (Fsp3) is 0.154. The van der Waals surface area contributed by atoms with Gasteiger partial charge in [-0.2, -0.15) is 4.98 Å². The fourth-order valence-electron chi connectivity index (χ4n) is 1.54. The summed E-state index contributed by atoms with van der Waals surface area (Å²) < 4.78 is 5.29. The van der Waals surface area contributed by atoms with Crippen LogP contribution in [0.2, 0.25) is 5.15 Å². The number of nitrogens with one attached hydrogen (secondary N) is 2. The van der Waals surface area contributed by atoms with Crippen LogP contribution < -0.4 is 15.7 Å². The maximum absolute atomic E-state index is 11.9. The molecule has 0 spiro atoms. The Morgan fingerprint density at radius 1 is 1.40 bits per heavy atom. The third-order valence-corrected chi connectivity index (χ3v) is 2.57. The number of rotatable bonds is 4. The average Bonchev–Trinajstić information content (AvgIpc) is 2.40. The molecule has 0 saturated carbocycles. The summed E-state index contributed by atoms with van der Waals surface area (Å²) in [6, 6.07) is 8.14. The summed E-state index contributed by atoms with van der Waals surface area (Å²) in [5, 5.41) is 2.67. The number of ether oxygens (including phenoxy) is 1. The van der Waals surface area contributed by atoms with E-state index >= 15 is 0 Å². The summed E-state index contributed by atoms with van der Waals surface area (Å²) in [6.45, 7) is 2.46. The number of benzene rings is 1. The molecule has 0 fully saturated rings. The maximum atomic E-state index is 11.9. The number of hydrogen-bond donors (Lipinski definition) is 2. The van der Waals surface area contributed by atoms with E-state index in [9.17, 15) is 9.59 Å². The molecule has 20 heavy (non-hydrogen) atoms. The molecule has 6 nitrogen and oxygen atoms in total. The molecule has 0 aliphatic carbocycles. The molecular formula is C13H12ClN3O3. The summed E-state index contributed by atoms with van der Waals surface area (Å²) >= 11 is 5.66. The van der Waals surface area contributed by atoms with Gasteiger partial charge < -0.3 is 10.1 Å². The van der Waals surface area contributed by atoms with Crippen LogP contribution in [0.4, 0.5) is 5.69 Å². The van der Waals surface area contributed by atoms with E-state index in [1.165, 1.54) is 6.07 Å². The van der Waals surface area contributed by atoms with Crippen molar-refractivity contribution in [1.29, 1.82) is 0 Å². The van der Waals surface area contributed by atoms with Crippen LogP contribution in [0.15, 0.2) is 35.1 Å². The van der Waals surface area contributed by atoms with Gasteiger partial charge in [-0.3, -0.25) is 9.78 Å². The number of aromatic amines is 1. The lowest BCUT2D eigenvalue weighted by molar-refractivity contribution is 0.102. The van der Waals surface area contributed by atoms with Gasteiger partial charge in [0.15, 0.2) is 0 Å². The van der Waals surface area contributed by atoms with Crippen LogP contribution >= 0.6 is 11.6 Å². The Kier molecular flexibility index (Phi) is 4.37. The standard InChI is InChI=1S/C13H12ClN3O3/c1-2-20-9-5-3-8(4-6-9)15-12(18)10-7-11(14)17-13(19)16-10/h3-7H,2H2,1H3,(H,15,18)(H,16,17,19). The van der Waals surface area contributed by atoms with Gasteiger partial charge in [0.25, 0.3) is 5.91 Å². The van der Waals surface area contributed by atoms with Gasteiger partial charge in [-0.25, -0.2) is 4.79 Å². The number of hydrogen-bond acceptors (Lipinski definition) is 4. The largest absolute Gasteiger partial charge is 0.494 e. The van der Waals surface area contributed by atoms with Gasteiger partial charge in [-0.05, 0) is 31.2 Å². The first kappa shape index (κ1) is 14.1. The van der Waals surface area contributed by atoms with Gasteiger partial charge in [0.1, 0.15) is 16.6 Å². The van der Waals surface area contributed by atoms with Crippen molar-refractivity contribution in [3.63, 3.8) is 0 Å². The van der Waals surface area contributed by atoms with Crippen molar-refractivity contribution >= 4 is 23.2 Å². The Morgan fingerprint density at radius 2 is 2.10 bits per heavy atom. The molecule has 104 valence electrons. The first-order valence-corrected chi connectivity index (χ1v) is 6.27. The molecule has 0 aliphatic rings. The van der Waals surface area contributed by atoms with E-state index in [-0.39, 0.29) is 10.8 Å². The zero-order valence-electron chi connectivity index (χ0n) is 10.6. The molecule has 0 saturated heterocycles. The Bertz CT molecular complexity index is 667. The third kappa shape index (κ3) is 3.58. The van der Waals surface area contributed by atoms with Crippen molar-refractivity contribution in [2.75, 3.05) is 11.9 Å². The van der Waals surface area contributed by atoms with E-state index < -0.39 is 11.6 Å². The topological polar surface area (TPSA) is 84.1 Å². The lowest BCUT2D eigenvalue weighted by Gasteiger charge is -2.06. The van der Waals surface area contributed by atoms with E-state index in [0.717, 1.165) is 0 Å². The number of anilines is 1. The summed E-state index contributed by atoms with van der Waals surface area (Å²) in [5.74, 6) is 0.199. The molecule has 2 N–H and O–H groups in total. The number of aromatic nitrogens is 2. The summed E-state index contributed by atoms with van der Waals surface area (Å²) in [7, 11) is 0. The van der Waals surface area contributed by atoms with E-state index in [4.69, 9.17) is 16.3 Å². The van der Waals surface area contributed by atoms with E-state index in [1.54, 1.807) is 24.3 Å². The molecule has 0 unspecified atom stereocenters. The van der Waals surface area contributed by atoms with E-state index in [2.05, 4.69) is 15.3 Å². The normalized spacial score (nSPS) is 10.1. The number of carbonyl (C=O) groups is 1. The molecule has 0 bridgehead atoms. The number of amides is 1. The van der Waals surface area contributed by atoms with Gasteiger partial charge in [-0.1, -0.05) is 11.6 Å². The molecule has 1 aromatic carbocycles. The minimum Gasteiger partial charge on any atom is -0.494 e. The number of carbonyl (C=O) groups excluding carboxylic acids is 1. The van der Waals surface area contributed by atoms with E-state index in [0.29, 0.717) is 18.0 Å². The van der Waals surface area contributed by atoms with Crippen molar-refractivity contribution in [2.24, 2.45) is 0 Å². The van der Waals surface area contributed by atoms with Crippen molar-refractivity contribution in [1.82, 2.24) is 9.97 Å². The Morgan fingerprint density at radius 3 is 2.70 bits per heavy atom. The third-order valence-electron chi connectivity index (χ3n) is 2.37. The zero-order chi connectivity index (χ0) is 14.5. The molecule has 1 heterocycles. The second kappa shape index (κ2) is 6.21.